The van der Waals surface area contributed by atoms with Gasteiger partial charge in [0, 0.05) is 12.2 Å². The van der Waals surface area contributed by atoms with Gasteiger partial charge in [-0.15, -0.1) is 0 Å². The first-order chi connectivity index (χ1) is 11.5. The van der Waals surface area contributed by atoms with Crippen molar-refractivity contribution in [3.8, 4) is 11.5 Å². The summed E-state index contributed by atoms with van der Waals surface area (Å²) < 4.78 is 15.4. The van der Waals surface area contributed by atoms with E-state index in [4.69, 9.17) is 14.2 Å². The van der Waals surface area contributed by atoms with Crippen LogP contribution in [0.15, 0.2) is 29.5 Å². The minimum absolute atomic E-state index is 0.262. The number of carbonyl (C=O) groups is 2. The first-order valence-corrected chi connectivity index (χ1v) is 7.57. The highest BCUT2D eigenvalue weighted by Crippen LogP contribution is 2.35. The van der Waals surface area contributed by atoms with Crippen LogP contribution in [0.1, 0.15) is 25.5 Å². The molecule has 24 heavy (non-hydrogen) atoms. The second-order valence-electron chi connectivity index (χ2n) is 5.23. The molecule has 1 N–H and O–H groups in total. The molecule has 1 aromatic carbocycles. The number of hydrogen-bond donors (Lipinski definition) is 1. The van der Waals surface area contributed by atoms with E-state index in [0.717, 1.165) is 0 Å². The quantitative estimate of drug-likeness (QED) is 0.836. The van der Waals surface area contributed by atoms with Crippen LogP contribution in [-0.4, -0.2) is 44.8 Å². The zero-order valence-corrected chi connectivity index (χ0v) is 14.5. The molecule has 7 heteroatoms. The van der Waals surface area contributed by atoms with Gasteiger partial charge in [0.25, 0.3) is 0 Å². The molecular formula is C17H22N2O5. The zero-order valence-electron chi connectivity index (χ0n) is 14.5. The standard InChI is InChI=1S/C17H22N2O5/c1-6-19-10(2)14(16(20)24-5)15(18-17(19)21)11-7-8-12(22-3)13(9-11)23-4/h7-9,15H,6H2,1-5H3,(H,18,21). The van der Waals surface area contributed by atoms with Crippen molar-refractivity contribution in [3.63, 3.8) is 0 Å². The van der Waals surface area contributed by atoms with E-state index in [1.807, 2.05) is 6.92 Å². The summed E-state index contributed by atoms with van der Waals surface area (Å²) >= 11 is 0. The molecule has 0 aliphatic carbocycles. The van der Waals surface area contributed by atoms with Gasteiger partial charge in [-0.2, -0.15) is 0 Å². The molecule has 1 aromatic rings. The highest BCUT2D eigenvalue weighted by atomic mass is 16.5. The third-order valence-corrected chi connectivity index (χ3v) is 4.06. The van der Waals surface area contributed by atoms with E-state index >= 15 is 0 Å². The van der Waals surface area contributed by atoms with Crippen molar-refractivity contribution in [1.29, 1.82) is 0 Å². The summed E-state index contributed by atoms with van der Waals surface area (Å²) in [6.45, 7) is 4.04. The SMILES string of the molecule is CCN1C(=O)NC(c2ccc(OC)c(OC)c2)C(C(=O)OC)=C1C. The summed E-state index contributed by atoms with van der Waals surface area (Å²) in [5, 5.41) is 2.85. The minimum atomic E-state index is -0.618. The van der Waals surface area contributed by atoms with E-state index < -0.39 is 12.0 Å². The van der Waals surface area contributed by atoms with Gasteiger partial charge in [-0.3, -0.25) is 4.90 Å². The average Bonchev–Trinajstić information content (AvgIpc) is 2.60. The summed E-state index contributed by atoms with van der Waals surface area (Å²) in [4.78, 5) is 26.1. The largest absolute Gasteiger partial charge is 0.493 e. The smallest absolute Gasteiger partial charge is 0.337 e. The highest BCUT2D eigenvalue weighted by molar-refractivity contribution is 5.95. The van der Waals surface area contributed by atoms with Crippen LogP contribution >= 0.6 is 0 Å². The molecule has 0 bridgehead atoms. The number of carbonyl (C=O) groups excluding carboxylic acids is 2. The van der Waals surface area contributed by atoms with Crippen LogP contribution in [0.2, 0.25) is 0 Å². The van der Waals surface area contributed by atoms with Crippen molar-refractivity contribution >= 4 is 12.0 Å². The van der Waals surface area contributed by atoms with E-state index in [-0.39, 0.29) is 6.03 Å². The number of ether oxygens (including phenoxy) is 3. The van der Waals surface area contributed by atoms with Gasteiger partial charge in [0.15, 0.2) is 11.5 Å². The third-order valence-electron chi connectivity index (χ3n) is 4.06. The number of amides is 2. The summed E-state index contributed by atoms with van der Waals surface area (Å²) in [6.07, 6.45) is 0. The second kappa shape index (κ2) is 7.25. The molecule has 0 saturated carbocycles. The Kier molecular flexibility index (Phi) is 5.33. The molecule has 0 radical (unpaired) electrons. The lowest BCUT2D eigenvalue weighted by atomic mass is 9.94. The molecule has 0 saturated heterocycles. The van der Waals surface area contributed by atoms with Crippen LogP contribution in [0.25, 0.3) is 0 Å². The Labute approximate surface area is 141 Å². The molecule has 0 aromatic heterocycles. The van der Waals surface area contributed by atoms with Crippen molar-refractivity contribution in [3.05, 3.63) is 35.0 Å². The number of nitrogens with zero attached hydrogens (tertiary/aromatic N) is 1. The lowest BCUT2D eigenvalue weighted by Gasteiger charge is -2.34. The predicted molar refractivity (Wildman–Crippen MR) is 87.9 cm³/mol. The number of esters is 1. The van der Waals surface area contributed by atoms with Crippen molar-refractivity contribution in [1.82, 2.24) is 10.2 Å². The number of benzene rings is 1. The van der Waals surface area contributed by atoms with Gasteiger partial charge in [-0.25, -0.2) is 9.59 Å². The average molecular weight is 334 g/mol. The first kappa shape index (κ1) is 17.7. The molecule has 1 heterocycles. The number of nitrogens with one attached hydrogen (secondary N) is 1. The van der Waals surface area contributed by atoms with Gasteiger partial charge in [-0.05, 0) is 31.5 Å². The van der Waals surface area contributed by atoms with E-state index in [9.17, 15) is 9.59 Å². The molecule has 1 aliphatic rings. The molecule has 130 valence electrons. The molecule has 2 amide bonds. The normalized spacial score (nSPS) is 17.5. The van der Waals surface area contributed by atoms with Gasteiger partial charge in [0.2, 0.25) is 0 Å². The fourth-order valence-electron chi connectivity index (χ4n) is 2.82. The number of hydrogen-bond acceptors (Lipinski definition) is 5. The lowest BCUT2D eigenvalue weighted by Crippen LogP contribution is -2.47. The Bertz CT molecular complexity index is 684. The summed E-state index contributed by atoms with van der Waals surface area (Å²) in [6, 6.07) is 4.37. The highest BCUT2D eigenvalue weighted by Gasteiger charge is 2.35. The monoisotopic (exact) mass is 334 g/mol. The van der Waals surface area contributed by atoms with Crippen LogP contribution in [0.5, 0.6) is 11.5 Å². The number of urea groups is 1. The minimum Gasteiger partial charge on any atom is -0.493 e. The summed E-state index contributed by atoms with van der Waals surface area (Å²) in [5.74, 6) is 0.605. The van der Waals surface area contributed by atoms with E-state index in [2.05, 4.69) is 5.32 Å². The van der Waals surface area contributed by atoms with Crippen LogP contribution < -0.4 is 14.8 Å². The maximum atomic E-state index is 12.3. The van der Waals surface area contributed by atoms with Crippen molar-refractivity contribution in [2.45, 2.75) is 19.9 Å². The molecule has 0 fully saturated rings. The number of methoxy groups -OCH3 is 3. The van der Waals surface area contributed by atoms with Crippen LogP contribution in [-0.2, 0) is 9.53 Å². The Morgan fingerprint density at radius 3 is 2.42 bits per heavy atom. The van der Waals surface area contributed by atoms with Gasteiger partial charge in [-0.1, -0.05) is 6.07 Å². The van der Waals surface area contributed by atoms with Crippen LogP contribution in [0, 0.1) is 0 Å². The molecule has 1 unspecified atom stereocenters. The Morgan fingerprint density at radius 1 is 1.21 bits per heavy atom. The van der Waals surface area contributed by atoms with Crippen LogP contribution in [0.3, 0.4) is 0 Å². The molecule has 1 aliphatic heterocycles. The molecule has 7 nitrogen and oxygen atoms in total. The fraction of sp³-hybridized carbons (Fsp3) is 0.412. The van der Waals surface area contributed by atoms with Crippen LogP contribution in [0.4, 0.5) is 4.79 Å². The zero-order chi connectivity index (χ0) is 17.9. The summed E-state index contributed by atoms with van der Waals surface area (Å²) in [7, 11) is 4.40. The van der Waals surface area contributed by atoms with Crippen molar-refractivity contribution < 1.29 is 23.8 Å². The number of allylic oxidation sites excluding steroid dienone is 1. The van der Waals surface area contributed by atoms with Gasteiger partial charge >= 0.3 is 12.0 Å². The lowest BCUT2D eigenvalue weighted by molar-refractivity contribution is -0.136. The maximum Gasteiger partial charge on any atom is 0.337 e. The Balaban J connectivity index is 2.56. The first-order valence-electron chi connectivity index (χ1n) is 7.57. The van der Waals surface area contributed by atoms with Gasteiger partial charge in [0.1, 0.15) is 0 Å². The van der Waals surface area contributed by atoms with Gasteiger partial charge in [0.05, 0.1) is 32.9 Å². The maximum absolute atomic E-state index is 12.3. The Hall–Kier alpha value is -2.70. The van der Waals surface area contributed by atoms with E-state index in [1.54, 1.807) is 32.2 Å². The summed E-state index contributed by atoms with van der Waals surface area (Å²) in [5.41, 5.74) is 1.68. The molecular weight excluding hydrogens is 312 g/mol. The van der Waals surface area contributed by atoms with Gasteiger partial charge < -0.3 is 19.5 Å². The molecule has 1 atom stereocenters. The molecule has 2 rings (SSSR count). The molecule has 0 spiro atoms. The Morgan fingerprint density at radius 2 is 1.88 bits per heavy atom. The predicted octanol–water partition coefficient (Wildman–Crippen LogP) is 2.24. The van der Waals surface area contributed by atoms with E-state index in [0.29, 0.717) is 34.9 Å². The van der Waals surface area contributed by atoms with E-state index in [1.165, 1.54) is 19.1 Å². The topological polar surface area (TPSA) is 77.1 Å². The fourth-order valence-corrected chi connectivity index (χ4v) is 2.82. The van der Waals surface area contributed by atoms with Crippen molar-refractivity contribution in [2.75, 3.05) is 27.9 Å². The third kappa shape index (κ3) is 3.02. The number of rotatable bonds is 5. The van der Waals surface area contributed by atoms with Crippen molar-refractivity contribution in [2.24, 2.45) is 0 Å². The second-order valence-corrected chi connectivity index (χ2v) is 5.23.